The van der Waals surface area contributed by atoms with Gasteiger partial charge in [-0.1, -0.05) is 17.7 Å². The number of hydrogen-bond donors (Lipinski definition) is 1. The summed E-state index contributed by atoms with van der Waals surface area (Å²) in [5, 5.41) is 6.10. The molecule has 0 saturated carbocycles. The van der Waals surface area contributed by atoms with Crippen LogP contribution in [0.1, 0.15) is 31.8 Å². The second-order valence-corrected chi connectivity index (χ2v) is 6.75. The number of alkyl halides is 3. The van der Waals surface area contributed by atoms with E-state index in [1.807, 2.05) is 22.6 Å². The summed E-state index contributed by atoms with van der Waals surface area (Å²) in [7, 11) is 1.08. The van der Waals surface area contributed by atoms with Crippen molar-refractivity contribution in [3.8, 4) is 0 Å². The third kappa shape index (κ3) is 3.38. The van der Waals surface area contributed by atoms with E-state index in [4.69, 9.17) is 11.6 Å². The molecule has 27 heavy (non-hydrogen) atoms. The van der Waals surface area contributed by atoms with Crippen molar-refractivity contribution in [2.45, 2.75) is 6.18 Å². The quantitative estimate of drug-likeness (QED) is 0.324. The largest absolute Gasteiger partial charge is 0.465 e. The summed E-state index contributed by atoms with van der Waals surface area (Å²) in [5.41, 5.74) is -2.50. The van der Waals surface area contributed by atoms with E-state index in [1.54, 1.807) is 0 Å². The van der Waals surface area contributed by atoms with Gasteiger partial charge in [0, 0.05) is 6.20 Å². The van der Waals surface area contributed by atoms with Gasteiger partial charge in [-0.25, -0.2) is 4.79 Å². The number of benzene rings is 1. The highest BCUT2D eigenvalue weighted by Crippen LogP contribution is 2.37. The van der Waals surface area contributed by atoms with Gasteiger partial charge >= 0.3 is 12.1 Å². The van der Waals surface area contributed by atoms with Crippen molar-refractivity contribution in [3.63, 3.8) is 0 Å². The topological polar surface area (TPSA) is 84.9 Å². The molecule has 0 spiro atoms. The van der Waals surface area contributed by atoms with Gasteiger partial charge in [0.2, 0.25) is 0 Å². The maximum absolute atomic E-state index is 13.4. The van der Waals surface area contributed by atoms with Crippen molar-refractivity contribution < 1.29 is 27.5 Å². The fourth-order valence-electron chi connectivity index (χ4n) is 2.54. The Hall–Kier alpha value is -2.21. The minimum Gasteiger partial charge on any atom is -0.465 e. The fourth-order valence-corrected chi connectivity index (χ4v) is 3.31. The summed E-state index contributed by atoms with van der Waals surface area (Å²) >= 11 is 7.78. The molecule has 1 aromatic carbocycles. The van der Waals surface area contributed by atoms with Crippen molar-refractivity contribution in [3.05, 3.63) is 55.4 Å². The molecule has 0 amide bonds. The van der Waals surface area contributed by atoms with E-state index >= 15 is 0 Å². The first-order valence-corrected chi connectivity index (χ1v) is 8.63. The Kier molecular flexibility index (Phi) is 5.12. The van der Waals surface area contributed by atoms with Crippen LogP contribution < -0.4 is 0 Å². The van der Waals surface area contributed by atoms with Crippen molar-refractivity contribution in [1.29, 1.82) is 0 Å². The molecule has 0 aliphatic heterocycles. The number of aromatic amines is 1. The molecule has 0 aliphatic carbocycles. The zero-order valence-corrected chi connectivity index (χ0v) is 16.2. The molecule has 0 fully saturated rings. The van der Waals surface area contributed by atoms with Crippen molar-refractivity contribution in [2.75, 3.05) is 7.11 Å². The van der Waals surface area contributed by atoms with Gasteiger partial charge < -0.3 is 4.74 Å². The van der Waals surface area contributed by atoms with E-state index in [0.717, 1.165) is 31.5 Å². The van der Waals surface area contributed by atoms with Crippen LogP contribution in [0.5, 0.6) is 0 Å². The fraction of sp³-hybridized carbons (Fsp3) is 0.125. The first-order valence-electron chi connectivity index (χ1n) is 7.18. The standard InChI is InChI=1S/C16H8ClF3IN3O3/c1-27-15(26)6-5-22-12-11(23-24-14(12)21)9(6)13(25)10-7(16(18,19)20)3-2-4-8(10)17/h2-5H,1H3,(H,23,24). The number of nitrogens with one attached hydrogen (secondary N) is 1. The molecule has 2 heterocycles. The lowest BCUT2D eigenvalue weighted by atomic mass is 9.94. The summed E-state index contributed by atoms with van der Waals surface area (Å²) in [6.07, 6.45) is -3.77. The highest BCUT2D eigenvalue weighted by molar-refractivity contribution is 14.1. The number of carbonyl (C=O) groups is 2. The molecule has 0 radical (unpaired) electrons. The van der Waals surface area contributed by atoms with E-state index < -0.39 is 34.1 Å². The van der Waals surface area contributed by atoms with Crippen LogP contribution in [0.4, 0.5) is 13.2 Å². The zero-order chi connectivity index (χ0) is 19.9. The van der Waals surface area contributed by atoms with Crippen LogP contribution in [-0.2, 0) is 10.9 Å². The predicted octanol–water partition coefficient (Wildman–Crippen LogP) is 4.25. The zero-order valence-electron chi connectivity index (χ0n) is 13.3. The number of fused-ring (bicyclic) bond motifs is 1. The lowest BCUT2D eigenvalue weighted by molar-refractivity contribution is -0.137. The summed E-state index contributed by atoms with van der Waals surface area (Å²) in [6.45, 7) is 0. The molecule has 3 aromatic rings. The Balaban J connectivity index is 2.37. The van der Waals surface area contributed by atoms with Gasteiger partial charge in [0.1, 0.15) is 14.7 Å². The van der Waals surface area contributed by atoms with Gasteiger partial charge in [-0.05, 0) is 34.7 Å². The van der Waals surface area contributed by atoms with Crippen LogP contribution in [0.3, 0.4) is 0 Å². The number of halogens is 5. The Labute approximate surface area is 168 Å². The summed E-state index contributed by atoms with van der Waals surface area (Å²) in [5.74, 6) is -2.05. The lowest BCUT2D eigenvalue weighted by Crippen LogP contribution is -2.18. The maximum atomic E-state index is 13.4. The van der Waals surface area contributed by atoms with Gasteiger partial charge in [0.05, 0.1) is 34.4 Å². The van der Waals surface area contributed by atoms with Crippen molar-refractivity contribution in [1.82, 2.24) is 15.2 Å². The van der Waals surface area contributed by atoms with Crippen molar-refractivity contribution >= 4 is 57.0 Å². The number of hydrogen-bond acceptors (Lipinski definition) is 5. The monoisotopic (exact) mass is 509 g/mol. The number of carbonyl (C=O) groups excluding carboxylic acids is 2. The molecule has 0 saturated heterocycles. The van der Waals surface area contributed by atoms with Crippen LogP contribution in [0.15, 0.2) is 24.4 Å². The number of ketones is 1. The predicted molar refractivity (Wildman–Crippen MR) is 97.8 cm³/mol. The Morgan fingerprint density at radius 3 is 2.56 bits per heavy atom. The van der Waals surface area contributed by atoms with Crippen molar-refractivity contribution in [2.24, 2.45) is 0 Å². The smallest absolute Gasteiger partial charge is 0.417 e. The number of esters is 1. The van der Waals surface area contributed by atoms with Crippen LogP contribution in [0.2, 0.25) is 5.02 Å². The number of ether oxygens (including phenoxy) is 1. The molecule has 0 aliphatic rings. The van der Waals surface area contributed by atoms with Gasteiger partial charge in [-0.15, -0.1) is 0 Å². The minimum atomic E-state index is -4.83. The molecule has 0 bridgehead atoms. The lowest BCUT2D eigenvalue weighted by Gasteiger charge is -2.15. The van der Waals surface area contributed by atoms with E-state index in [1.165, 1.54) is 0 Å². The first kappa shape index (κ1) is 19.5. The average molecular weight is 510 g/mol. The number of pyridine rings is 1. The summed E-state index contributed by atoms with van der Waals surface area (Å²) < 4.78 is 45.3. The van der Waals surface area contributed by atoms with E-state index in [9.17, 15) is 22.8 Å². The summed E-state index contributed by atoms with van der Waals surface area (Å²) in [4.78, 5) is 29.2. The van der Waals surface area contributed by atoms with E-state index in [-0.39, 0.29) is 22.2 Å². The molecule has 2 aromatic heterocycles. The molecule has 140 valence electrons. The van der Waals surface area contributed by atoms with Gasteiger partial charge in [0.15, 0.2) is 5.78 Å². The van der Waals surface area contributed by atoms with E-state index in [2.05, 4.69) is 19.9 Å². The maximum Gasteiger partial charge on any atom is 0.417 e. The van der Waals surface area contributed by atoms with Crippen LogP contribution >= 0.6 is 34.2 Å². The van der Waals surface area contributed by atoms with E-state index in [0.29, 0.717) is 3.70 Å². The highest BCUT2D eigenvalue weighted by Gasteiger charge is 2.38. The third-order valence-corrected chi connectivity index (χ3v) is 4.77. The average Bonchev–Trinajstić information content (AvgIpc) is 3.00. The highest BCUT2D eigenvalue weighted by atomic mass is 127. The molecule has 11 heteroatoms. The normalized spacial score (nSPS) is 11.6. The Bertz CT molecular complexity index is 1080. The second-order valence-electron chi connectivity index (χ2n) is 5.26. The number of aromatic nitrogens is 3. The van der Waals surface area contributed by atoms with Gasteiger partial charge in [-0.2, -0.15) is 18.3 Å². The molecular weight excluding hydrogens is 502 g/mol. The molecule has 0 atom stereocenters. The van der Waals surface area contributed by atoms with Crippen LogP contribution in [0, 0.1) is 3.70 Å². The number of methoxy groups -OCH3 is 1. The van der Waals surface area contributed by atoms with Gasteiger partial charge in [-0.3, -0.25) is 14.9 Å². The Morgan fingerprint density at radius 1 is 1.22 bits per heavy atom. The molecular formula is C16H8ClF3IN3O3. The molecule has 1 N–H and O–H groups in total. The van der Waals surface area contributed by atoms with Gasteiger partial charge in [0.25, 0.3) is 0 Å². The third-order valence-electron chi connectivity index (χ3n) is 3.71. The second kappa shape index (κ2) is 7.08. The SMILES string of the molecule is COC(=O)c1cnc2c(I)[nH]nc2c1C(=O)c1c(Cl)cccc1C(F)(F)F. The molecule has 0 unspecified atom stereocenters. The molecule has 3 rings (SSSR count). The first-order chi connectivity index (χ1) is 12.7. The Morgan fingerprint density at radius 2 is 1.93 bits per heavy atom. The van der Waals surface area contributed by atoms with Crippen LogP contribution in [-0.4, -0.2) is 34.0 Å². The number of rotatable bonds is 3. The minimum absolute atomic E-state index is 0.0552. The number of nitrogens with zero attached hydrogens (tertiary/aromatic N) is 2. The summed E-state index contributed by atoms with van der Waals surface area (Å²) in [6, 6.07) is 2.99. The molecule has 6 nitrogen and oxygen atoms in total. The van der Waals surface area contributed by atoms with Crippen LogP contribution in [0.25, 0.3) is 11.0 Å². The number of H-pyrrole nitrogens is 1.